The zero-order chi connectivity index (χ0) is 12.1. The maximum Gasteiger partial charge on any atom is 0.317 e. The van der Waals surface area contributed by atoms with E-state index in [9.17, 15) is 9.90 Å². The third-order valence-electron chi connectivity index (χ3n) is 2.26. The number of carbonyl (C=O) groups is 1. The van der Waals surface area contributed by atoms with Gasteiger partial charge in [-0.1, -0.05) is 6.07 Å². The summed E-state index contributed by atoms with van der Waals surface area (Å²) in [6, 6.07) is 4.68. The molecule has 0 aliphatic heterocycles. The van der Waals surface area contributed by atoms with E-state index in [2.05, 4.69) is 5.32 Å². The van der Waals surface area contributed by atoms with Crippen LogP contribution >= 0.6 is 0 Å². The lowest BCUT2D eigenvalue weighted by Gasteiger charge is -2.14. The van der Waals surface area contributed by atoms with Crippen molar-refractivity contribution in [2.24, 2.45) is 0 Å². The molecule has 5 nitrogen and oxygen atoms in total. The lowest BCUT2D eigenvalue weighted by molar-refractivity contribution is -0.136. The number of benzene rings is 1. The highest BCUT2D eigenvalue weighted by atomic mass is 16.5. The highest BCUT2D eigenvalue weighted by Gasteiger charge is 2.11. The number of carboxylic acid groups (broad SMARTS) is 1. The Morgan fingerprint density at radius 1 is 1.56 bits per heavy atom. The number of phenols is 1. The van der Waals surface area contributed by atoms with Gasteiger partial charge in [-0.2, -0.15) is 0 Å². The molecule has 5 heteroatoms. The largest absolute Gasteiger partial charge is 0.507 e. The van der Waals surface area contributed by atoms with Gasteiger partial charge < -0.3 is 20.3 Å². The van der Waals surface area contributed by atoms with Gasteiger partial charge in [0.15, 0.2) is 0 Å². The smallest absolute Gasteiger partial charge is 0.317 e. The number of aromatic hydroxyl groups is 1. The zero-order valence-electron chi connectivity index (χ0n) is 9.23. The first-order valence-corrected chi connectivity index (χ1v) is 4.86. The first kappa shape index (κ1) is 12.3. The van der Waals surface area contributed by atoms with Crippen molar-refractivity contribution in [3.05, 3.63) is 23.8 Å². The number of methoxy groups -OCH3 is 1. The van der Waals surface area contributed by atoms with Gasteiger partial charge in [0.2, 0.25) is 0 Å². The Morgan fingerprint density at radius 2 is 2.25 bits per heavy atom. The molecule has 0 fully saturated rings. The number of hydrogen-bond acceptors (Lipinski definition) is 4. The lowest BCUT2D eigenvalue weighted by Crippen LogP contribution is -2.25. The molecule has 1 atom stereocenters. The van der Waals surface area contributed by atoms with Crippen LogP contribution in [0.1, 0.15) is 18.5 Å². The number of nitrogens with one attached hydrogen (secondary N) is 1. The van der Waals surface area contributed by atoms with Gasteiger partial charge in [-0.05, 0) is 13.0 Å². The van der Waals surface area contributed by atoms with Crippen molar-refractivity contribution in [1.29, 1.82) is 0 Å². The van der Waals surface area contributed by atoms with Crippen molar-refractivity contribution in [2.45, 2.75) is 13.0 Å². The first-order chi connectivity index (χ1) is 7.54. The van der Waals surface area contributed by atoms with Crippen LogP contribution in [-0.4, -0.2) is 29.8 Å². The molecule has 0 amide bonds. The van der Waals surface area contributed by atoms with Crippen LogP contribution < -0.4 is 10.1 Å². The molecule has 0 radical (unpaired) electrons. The Hall–Kier alpha value is -1.75. The van der Waals surface area contributed by atoms with E-state index in [1.54, 1.807) is 19.1 Å². The van der Waals surface area contributed by atoms with Gasteiger partial charge in [0, 0.05) is 17.7 Å². The Bertz CT molecular complexity index is 378. The molecular formula is C11H15NO4. The number of aliphatic carboxylic acids is 1. The van der Waals surface area contributed by atoms with Gasteiger partial charge in [-0.15, -0.1) is 0 Å². The van der Waals surface area contributed by atoms with Crippen molar-refractivity contribution < 1.29 is 19.7 Å². The van der Waals surface area contributed by atoms with Gasteiger partial charge in [0.05, 0.1) is 13.7 Å². The van der Waals surface area contributed by atoms with Crippen LogP contribution in [0.2, 0.25) is 0 Å². The number of hydrogen-bond donors (Lipinski definition) is 3. The minimum absolute atomic E-state index is 0.0877. The highest BCUT2D eigenvalue weighted by molar-refractivity contribution is 5.69. The summed E-state index contributed by atoms with van der Waals surface area (Å²) in [5.41, 5.74) is 0.641. The molecule has 0 saturated heterocycles. The Balaban J connectivity index is 2.75. The zero-order valence-corrected chi connectivity index (χ0v) is 9.23. The van der Waals surface area contributed by atoms with Crippen molar-refractivity contribution in [1.82, 2.24) is 5.32 Å². The van der Waals surface area contributed by atoms with E-state index in [1.165, 1.54) is 13.2 Å². The maximum absolute atomic E-state index is 10.4. The topological polar surface area (TPSA) is 78.8 Å². The second-order valence-corrected chi connectivity index (χ2v) is 3.42. The third kappa shape index (κ3) is 3.13. The van der Waals surface area contributed by atoms with Gasteiger partial charge >= 0.3 is 5.97 Å². The normalized spacial score (nSPS) is 12.1. The van der Waals surface area contributed by atoms with Crippen LogP contribution in [0, 0.1) is 0 Å². The predicted octanol–water partition coefficient (Wildman–Crippen LogP) is 1.14. The molecule has 1 aromatic carbocycles. The van der Waals surface area contributed by atoms with E-state index in [1.807, 2.05) is 0 Å². The van der Waals surface area contributed by atoms with E-state index >= 15 is 0 Å². The van der Waals surface area contributed by atoms with Crippen LogP contribution in [0.25, 0.3) is 0 Å². The Labute approximate surface area is 93.7 Å². The number of rotatable bonds is 5. The van der Waals surface area contributed by atoms with Crippen LogP contribution in [0.3, 0.4) is 0 Å². The molecule has 0 saturated carbocycles. The monoisotopic (exact) mass is 225 g/mol. The van der Waals surface area contributed by atoms with E-state index in [4.69, 9.17) is 9.84 Å². The summed E-state index contributed by atoms with van der Waals surface area (Å²) in [5.74, 6) is -0.281. The Kier molecular flexibility index (Phi) is 4.13. The summed E-state index contributed by atoms with van der Waals surface area (Å²) >= 11 is 0. The fraction of sp³-hybridized carbons (Fsp3) is 0.364. The molecule has 3 N–H and O–H groups in total. The molecule has 1 rings (SSSR count). The fourth-order valence-corrected chi connectivity index (χ4v) is 1.37. The molecule has 1 aromatic rings. The molecular weight excluding hydrogens is 210 g/mol. The second-order valence-electron chi connectivity index (χ2n) is 3.42. The van der Waals surface area contributed by atoms with E-state index in [0.717, 1.165) is 0 Å². The minimum atomic E-state index is -0.931. The van der Waals surface area contributed by atoms with Gasteiger partial charge in [0.25, 0.3) is 0 Å². The first-order valence-electron chi connectivity index (χ1n) is 4.86. The average Bonchev–Trinajstić information content (AvgIpc) is 2.25. The summed E-state index contributed by atoms with van der Waals surface area (Å²) in [6.45, 7) is 1.64. The van der Waals surface area contributed by atoms with Crippen LogP contribution in [0.4, 0.5) is 0 Å². The van der Waals surface area contributed by atoms with E-state index in [-0.39, 0.29) is 18.3 Å². The molecule has 0 aliphatic carbocycles. The number of ether oxygens (including phenoxy) is 1. The van der Waals surface area contributed by atoms with Crippen LogP contribution in [0.5, 0.6) is 11.5 Å². The van der Waals surface area contributed by atoms with E-state index < -0.39 is 5.97 Å². The van der Waals surface area contributed by atoms with Crippen molar-refractivity contribution in [2.75, 3.05) is 13.7 Å². The second kappa shape index (κ2) is 5.37. The summed E-state index contributed by atoms with van der Waals surface area (Å²) in [7, 11) is 1.51. The number of phenolic OH excluding ortho intramolecular Hbond substituents is 1. The van der Waals surface area contributed by atoms with E-state index in [0.29, 0.717) is 11.3 Å². The highest BCUT2D eigenvalue weighted by Crippen LogP contribution is 2.27. The maximum atomic E-state index is 10.4. The quantitative estimate of drug-likeness (QED) is 0.700. The van der Waals surface area contributed by atoms with Crippen molar-refractivity contribution in [3.8, 4) is 11.5 Å². The summed E-state index contributed by atoms with van der Waals surface area (Å²) < 4.78 is 4.95. The van der Waals surface area contributed by atoms with Gasteiger partial charge in [0.1, 0.15) is 11.5 Å². The molecule has 88 valence electrons. The van der Waals surface area contributed by atoms with Crippen molar-refractivity contribution >= 4 is 5.97 Å². The van der Waals surface area contributed by atoms with Crippen LogP contribution in [-0.2, 0) is 4.79 Å². The summed E-state index contributed by atoms with van der Waals surface area (Å²) in [4.78, 5) is 10.4. The molecule has 0 heterocycles. The Morgan fingerprint density at radius 3 is 2.75 bits per heavy atom. The fourth-order valence-electron chi connectivity index (χ4n) is 1.37. The van der Waals surface area contributed by atoms with Crippen LogP contribution in [0.15, 0.2) is 18.2 Å². The third-order valence-corrected chi connectivity index (χ3v) is 2.26. The molecule has 0 aliphatic rings. The standard InChI is InChI=1S/C11H15NO4/c1-7(12-6-11(14)15)9-4-3-8(16-2)5-10(9)13/h3-5,7,12-13H,6H2,1-2H3,(H,14,15). The summed E-state index contributed by atoms with van der Waals surface area (Å²) in [6.07, 6.45) is 0. The molecule has 0 aromatic heterocycles. The SMILES string of the molecule is COc1ccc(C(C)NCC(=O)O)c(O)c1. The molecule has 0 spiro atoms. The predicted molar refractivity (Wildman–Crippen MR) is 58.7 cm³/mol. The molecule has 16 heavy (non-hydrogen) atoms. The summed E-state index contributed by atoms with van der Waals surface area (Å²) in [5, 5.41) is 21.0. The lowest BCUT2D eigenvalue weighted by atomic mass is 10.1. The average molecular weight is 225 g/mol. The molecule has 0 bridgehead atoms. The van der Waals surface area contributed by atoms with Crippen molar-refractivity contribution in [3.63, 3.8) is 0 Å². The van der Waals surface area contributed by atoms with Gasteiger partial charge in [-0.25, -0.2) is 0 Å². The van der Waals surface area contributed by atoms with Gasteiger partial charge in [-0.3, -0.25) is 4.79 Å². The molecule has 1 unspecified atom stereocenters. The number of carboxylic acids is 1. The minimum Gasteiger partial charge on any atom is -0.507 e.